The molecule has 2 aliphatic rings. The molecular weight excluding hydrogens is 220 g/mol. The lowest BCUT2D eigenvalue weighted by Crippen LogP contribution is -2.43. The van der Waals surface area contributed by atoms with E-state index in [1.807, 2.05) is 0 Å². The van der Waals surface area contributed by atoms with Gasteiger partial charge in [-0.2, -0.15) is 0 Å². The predicted octanol–water partition coefficient (Wildman–Crippen LogP) is 2.56. The van der Waals surface area contributed by atoms with Crippen molar-refractivity contribution in [3.8, 4) is 0 Å². The lowest BCUT2D eigenvalue weighted by atomic mass is 9.85. The van der Waals surface area contributed by atoms with Gasteiger partial charge in [-0.05, 0) is 42.3 Å². The summed E-state index contributed by atoms with van der Waals surface area (Å²) in [6.07, 6.45) is 6.63. The second kappa shape index (κ2) is 5.02. The summed E-state index contributed by atoms with van der Waals surface area (Å²) in [7, 11) is 0. The van der Waals surface area contributed by atoms with E-state index in [-0.39, 0.29) is 0 Å². The molecule has 0 atom stereocenters. The maximum atomic E-state index is 6.05. The molecule has 1 aliphatic carbocycles. The average Bonchev–Trinajstić information content (AvgIpc) is 2.88. The van der Waals surface area contributed by atoms with Gasteiger partial charge in [0.1, 0.15) is 0 Å². The first kappa shape index (κ1) is 12.2. The van der Waals surface area contributed by atoms with Gasteiger partial charge in [0, 0.05) is 19.6 Å². The minimum absolute atomic E-state index is 0.423. The van der Waals surface area contributed by atoms with Crippen LogP contribution in [0.4, 0.5) is 0 Å². The predicted molar refractivity (Wildman–Crippen MR) is 75.4 cm³/mol. The van der Waals surface area contributed by atoms with Crippen molar-refractivity contribution >= 4 is 0 Å². The highest BCUT2D eigenvalue weighted by molar-refractivity contribution is 5.29. The largest absolute Gasteiger partial charge is 0.330 e. The lowest BCUT2D eigenvalue weighted by Gasteiger charge is -2.37. The van der Waals surface area contributed by atoms with Gasteiger partial charge in [-0.3, -0.25) is 4.90 Å². The van der Waals surface area contributed by atoms with E-state index in [1.165, 1.54) is 50.8 Å². The number of benzene rings is 1. The van der Waals surface area contributed by atoms with E-state index in [0.717, 1.165) is 13.1 Å². The summed E-state index contributed by atoms with van der Waals surface area (Å²) in [6, 6.07) is 8.88. The highest BCUT2D eigenvalue weighted by Crippen LogP contribution is 2.38. The summed E-state index contributed by atoms with van der Waals surface area (Å²) in [5.74, 6) is 0. The Bertz CT molecular complexity index is 407. The highest BCUT2D eigenvalue weighted by Gasteiger charge is 2.34. The van der Waals surface area contributed by atoms with Crippen LogP contribution in [0.1, 0.15) is 36.8 Å². The van der Waals surface area contributed by atoms with Gasteiger partial charge in [-0.15, -0.1) is 0 Å². The molecular formula is C16H24N2. The Morgan fingerprint density at radius 2 is 1.83 bits per heavy atom. The number of hydrogen-bond donors (Lipinski definition) is 1. The maximum absolute atomic E-state index is 6.05. The van der Waals surface area contributed by atoms with Crippen molar-refractivity contribution in [2.45, 2.75) is 38.6 Å². The standard InChI is InChI=1S/C16H24N2/c17-12-16(8-3-4-9-16)13-18-10-7-14-5-1-2-6-15(14)11-18/h1-2,5-6H,3-4,7-13,17H2. The Kier molecular flexibility index (Phi) is 3.40. The zero-order chi connectivity index (χ0) is 12.4. The molecule has 1 fully saturated rings. The molecule has 2 nitrogen and oxygen atoms in total. The number of nitrogens with two attached hydrogens (primary N) is 1. The minimum Gasteiger partial charge on any atom is -0.330 e. The molecule has 0 radical (unpaired) electrons. The van der Waals surface area contributed by atoms with Crippen LogP contribution in [-0.2, 0) is 13.0 Å². The summed E-state index contributed by atoms with van der Waals surface area (Å²) < 4.78 is 0. The maximum Gasteiger partial charge on any atom is 0.0236 e. The van der Waals surface area contributed by atoms with Crippen LogP contribution in [0.3, 0.4) is 0 Å². The fourth-order valence-electron chi connectivity index (χ4n) is 3.72. The fourth-order valence-corrected chi connectivity index (χ4v) is 3.72. The van der Waals surface area contributed by atoms with Crippen LogP contribution in [0, 0.1) is 5.41 Å². The van der Waals surface area contributed by atoms with E-state index < -0.39 is 0 Å². The molecule has 1 aliphatic heterocycles. The zero-order valence-corrected chi connectivity index (χ0v) is 11.2. The van der Waals surface area contributed by atoms with Crippen LogP contribution >= 0.6 is 0 Å². The summed E-state index contributed by atoms with van der Waals surface area (Å²) >= 11 is 0. The van der Waals surface area contributed by atoms with E-state index in [9.17, 15) is 0 Å². The lowest BCUT2D eigenvalue weighted by molar-refractivity contribution is 0.146. The Labute approximate surface area is 110 Å². The molecule has 0 aromatic heterocycles. The Balaban J connectivity index is 1.69. The topological polar surface area (TPSA) is 29.3 Å². The van der Waals surface area contributed by atoms with Crippen LogP contribution in [0.15, 0.2) is 24.3 Å². The first-order valence-electron chi connectivity index (χ1n) is 7.31. The van der Waals surface area contributed by atoms with Crippen LogP contribution in [0.25, 0.3) is 0 Å². The van der Waals surface area contributed by atoms with Gasteiger partial charge in [0.05, 0.1) is 0 Å². The van der Waals surface area contributed by atoms with Crippen molar-refractivity contribution in [1.82, 2.24) is 4.90 Å². The Morgan fingerprint density at radius 3 is 2.56 bits per heavy atom. The molecule has 1 aromatic carbocycles. The monoisotopic (exact) mass is 244 g/mol. The third-order valence-corrected chi connectivity index (χ3v) is 4.87. The van der Waals surface area contributed by atoms with Gasteiger partial charge >= 0.3 is 0 Å². The highest BCUT2D eigenvalue weighted by atomic mass is 15.1. The number of nitrogens with zero attached hydrogens (tertiary/aromatic N) is 1. The molecule has 1 saturated carbocycles. The molecule has 0 saturated heterocycles. The molecule has 0 bridgehead atoms. The molecule has 98 valence electrons. The zero-order valence-electron chi connectivity index (χ0n) is 11.2. The van der Waals surface area contributed by atoms with Gasteiger partial charge in [-0.1, -0.05) is 37.1 Å². The summed E-state index contributed by atoms with van der Waals surface area (Å²) in [5, 5.41) is 0. The van der Waals surface area contributed by atoms with Crippen molar-refractivity contribution in [3.05, 3.63) is 35.4 Å². The molecule has 0 amide bonds. The first-order valence-corrected chi connectivity index (χ1v) is 7.31. The second-order valence-corrected chi connectivity index (χ2v) is 6.14. The molecule has 1 heterocycles. The SMILES string of the molecule is NCC1(CN2CCc3ccccc3C2)CCCC1. The first-order chi connectivity index (χ1) is 8.81. The van der Waals surface area contributed by atoms with Gasteiger partial charge in [-0.25, -0.2) is 0 Å². The number of rotatable bonds is 3. The van der Waals surface area contributed by atoms with Crippen LogP contribution in [-0.4, -0.2) is 24.5 Å². The smallest absolute Gasteiger partial charge is 0.0236 e. The molecule has 0 spiro atoms. The molecule has 2 heteroatoms. The van der Waals surface area contributed by atoms with Crippen LogP contribution < -0.4 is 5.73 Å². The van der Waals surface area contributed by atoms with E-state index in [2.05, 4.69) is 29.2 Å². The van der Waals surface area contributed by atoms with E-state index in [0.29, 0.717) is 5.41 Å². The van der Waals surface area contributed by atoms with Gasteiger partial charge in [0.2, 0.25) is 0 Å². The van der Waals surface area contributed by atoms with Crippen molar-refractivity contribution in [2.75, 3.05) is 19.6 Å². The second-order valence-electron chi connectivity index (χ2n) is 6.14. The quantitative estimate of drug-likeness (QED) is 0.885. The summed E-state index contributed by atoms with van der Waals surface area (Å²) in [6.45, 7) is 4.40. The van der Waals surface area contributed by atoms with E-state index >= 15 is 0 Å². The van der Waals surface area contributed by atoms with Gasteiger partial charge < -0.3 is 5.73 Å². The normalized spacial score (nSPS) is 22.9. The van der Waals surface area contributed by atoms with Gasteiger partial charge in [0.15, 0.2) is 0 Å². The van der Waals surface area contributed by atoms with Crippen molar-refractivity contribution in [3.63, 3.8) is 0 Å². The third kappa shape index (κ3) is 2.32. The molecule has 3 rings (SSSR count). The third-order valence-electron chi connectivity index (χ3n) is 4.87. The van der Waals surface area contributed by atoms with Crippen LogP contribution in [0.5, 0.6) is 0 Å². The number of hydrogen-bond acceptors (Lipinski definition) is 2. The van der Waals surface area contributed by atoms with Gasteiger partial charge in [0.25, 0.3) is 0 Å². The van der Waals surface area contributed by atoms with Crippen molar-refractivity contribution < 1.29 is 0 Å². The molecule has 1 aromatic rings. The molecule has 0 unspecified atom stereocenters. The summed E-state index contributed by atoms with van der Waals surface area (Å²) in [4.78, 5) is 2.63. The summed E-state index contributed by atoms with van der Waals surface area (Å²) in [5.41, 5.74) is 9.54. The number of fused-ring (bicyclic) bond motifs is 1. The van der Waals surface area contributed by atoms with Crippen molar-refractivity contribution in [2.24, 2.45) is 11.1 Å². The Morgan fingerprint density at radius 1 is 1.11 bits per heavy atom. The van der Waals surface area contributed by atoms with E-state index in [1.54, 1.807) is 5.56 Å². The van der Waals surface area contributed by atoms with Crippen LogP contribution in [0.2, 0.25) is 0 Å². The Hall–Kier alpha value is -0.860. The van der Waals surface area contributed by atoms with Crippen molar-refractivity contribution in [1.29, 1.82) is 0 Å². The fraction of sp³-hybridized carbons (Fsp3) is 0.625. The molecule has 18 heavy (non-hydrogen) atoms. The molecule has 2 N–H and O–H groups in total. The van der Waals surface area contributed by atoms with E-state index in [4.69, 9.17) is 5.73 Å². The minimum atomic E-state index is 0.423. The average molecular weight is 244 g/mol.